The summed E-state index contributed by atoms with van der Waals surface area (Å²) in [5, 5.41) is 3.91. The molecule has 2 amide bonds. The molecule has 3 N–H and O–H groups in total. The number of carbonyl (C=O) groups excluding carboxylic acids is 1. The van der Waals surface area contributed by atoms with E-state index >= 15 is 0 Å². The van der Waals surface area contributed by atoms with Crippen LogP contribution in [0.1, 0.15) is 5.69 Å². The molecule has 0 saturated heterocycles. The van der Waals surface area contributed by atoms with Crippen molar-refractivity contribution in [2.24, 2.45) is 0 Å². The van der Waals surface area contributed by atoms with E-state index in [0.717, 1.165) is 9.92 Å². The first kappa shape index (κ1) is 17.6. The van der Waals surface area contributed by atoms with Crippen molar-refractivity contribution in [2.75, 3.05) is 10.6 Å². The number of benzene rings is 2. The summed E-state index contributed by atoms with van der Waals surface area (Å²) in [6, 6.07) is 14.6. The summed E-state index contributed by atoms with van der Waals surface area (Å²) < 4.78 is 13.1. The molecule has 0 radical (unpaired) electrons. The molecule has 2 aromatic carbocycles. The number of anilines is 3. The number of halogens is 2. The van der Waals surface area contributed by atoms with Gasteiger partial charge in [0.2, 0.25) is 0 Å². The average molecular weight is 401 g/mol. The summed E-state index contributed by atoms with van der Waals surface area (Å²) in [6.07, 6.45) is 0. The molecule has 136 valence electrons. The normalized spacial score (nSPS) is 13.3. The number of nitrogens with one attached hydrogen (secondary N) is 1. The second-order valence-corrected chi connectivity index (χ2v) is 7.34. The number of carbonyl (C=O) groups is 1. The smallest absolute Gasteiger partial charge is 0.327 e. The number of nitrogen functional groups attached to an aromatic ring is 1. The van der Waals surface area contributed by atoms with Gasteiger partial charge >= 0.3 is 6.03 Å². The highest BCUT2D eigenvalue weighted by Gasteiger charge is 2.29. The van der Waals surface area contributed by atoms with Crippen LogP contribution in [0, 0.1) is 5.82 Å². The molecule has 0 bridgehead atoms. The molecule has 0 unspecified atom stereocenters. The highest BCUT2D eigenvalue weighted by atomic mass is 35.5. The topological polar surface area (TPSA) is 71.2 Å². The zero-order valence-corrected chi connectivity index (χ0v) is 15.5. The zero-order chi connectivity index (χ0) is 19.0. The van der Waals surface area contributed by atoms with Crippen LogP contribution in [0.25, 0.3) is 0 Å². The quantitative estimate of drug-likeness (QED) is 0.609. The van der Waals surface area contributed by atoms with Crippen molar-refractivity contribution in [3.8, 4) is 0 Å². The molecular formula is C19H14ClFN4OS. The van der Waals surface area contributed by atoms with E-state index in [1.807, 2.05) is 12.1 Å². The third-order valence-electron chi connectivity index (χ3n) is 4.05. The van der Waals surface area contributed by atoms with Crippen LogP contribution < -0.4 is 16.0 Å². The number of amides is 2. The molecule has 0 atom stereocenters. The molecule has 1 aliphatic rings. The lowest BCUT2D eigenvalue weighted by Crippen LogP contribution is -2.42. The Morgan fingerprint density at radius 3 is 2.67 bits per heavy atom. The van der Waals surface area contributed by atoms with E-state index in [-0.39, 0.29) is 11.8 Å². The maximum Gasteiger partial charge on any atom is 0.327 e. The Morgan fingerprint density at radius 1 is 1.15 bits per heavy atom. The van der Waals surface area contributed by atoms with Crippen LogP contribution in [0.2, 0.25) is 5.02 Å². The molecule has 0 fully saturated rings. The number of nitrogens with two attached hydrogens (primary N) is 1. The summed E-state index contributed by atoms with van der Waals surface area (Å²) in [7, 11) is 0. The largest absolute Gasteiger partial charge is 0.397 e. The third-order valence-corrected chi connectivity index (χ3v) is 5.30. The number of nitrogens with zero attached hydrogens (tertiary/aromatic N) is 2. The van der Waals surface area contributed by atoms with Gasteiger partial charge in [-0.1, -0.05) is 29.4 Å². The minimum atomic E-state index is -0.317. The van der Waals surface area contributed by atoms with Gasteiger partial charge in [-0.15, -0.1) is 0 Å². The Labute approximate surface area is 164 Å². The second kappa shape index (κ2) is 7.09. The highest BCUT2D eigenvalue weighted by Crippen LogP contribution is 2.40. The van der Waals surface area contributed by atoms with E-state index < -0.39 is 0 Å². The summed E-state index contributed by atoms with van der Waals surface area (Å²) in [5.74, 6) is -0.284. The molecule has 27 heavy (non-hydrogen) atoms. The summed E-state index contributed by atoms with van der Waals surface area (Å²) in [4.78, 5) is 19.4. The van der Waals surface area contributed by atoms with Gasteiger partial charge < -0.3 is 11.1 Å². The van der Waals surface area contributed by atoms with E-state index in [9.17, 15) is 9.18 Å². The Balaban J connectivity index is 1.71. The molecule has 3 aromatic rings. The molecular weight excluding hydrogens is 387 g/mol. The molecule has 0 aliphatic carbocycles. The van der Waals surface area contributed by atoms with Crippen molar-refractivity contribution in [1.29, 1.82) is 0 Å². The fraction of sp³-hybridized carbons (Fsp3) is 0.0526. The van der Waals surface area contributed by atoms with Gasteiger partial charge in [0.25, 0.3) is 0 Å². The first-order valence-corrected chi connectivity index (χ1v) is 9.27. The molecule has 1 aliphatic heterocycles. The van der Waals surface area contributed by atoms with Crippen LogP contribution in [0.3, 0.4) is 0 Å². The number of urea groups is 1. The van der Waals surface area contributed by atoms with Gasteiger partial charge in [0.05, 0.1) is 34.3 Å². The van der Waals surface area contributed by atoms with E-state index in [1.165, 1.54) is 28.8 Å². The first-order chi connectivity index (χ1) is 13.0. The lowest BCUT2D eigenvalue weighted by atomic mass is 10.1. The monoisotopic (exact) mass is 400 g/mol. The number of hydrogen-bond acceptors (Lipinski definition) is 4. The van der Waals surface area contributed by atoms with Crippen molar-refractivity contribution >= 4 is 46.5 Å². The Hall–Kier alpha value is -2.77. The van der Waals surface area contributed by atoms with Crippen molar-refractivity contribution < 1.29 is 9.18 Å². The van der Waals surface area contributed by atoms with Gasteiger partial charge in [0, 0.05) is 4.90 Å². The summed E-state index contributed by atoms with van der Waals surface area (Å²) >= 11 is 7.70. The molecule has 5 nitrogen and oxygen atoms in total. The number of rotatable bonds is 3. The second-order valence-electron chi connectivity index (χ2n) is 5.84. The lowest BCUT2D eigenvalue weighted by Gasteiger charge is -2.31. The Kier molecular flexibility index (Phi) is 4.63. The minimum Gasteiger partial charge on any atom is -0.397 e. The molecule has 4 rings (SSSR count). The maximum absolute atomic E-state index is 13.1. The van der Waals surface area contributed by atoms with Crippen molar-refractivity contribution in [1.82, 2.24) is 10.3 Å². The standard InChI is InChI=1S/C19H14ClFN4OS/c20-13-2-1-3-14(22)18(13)25-16-8-9-17(24-15(16)10-23-19(25)26)27-12-6-4-11(21)5-7-12/h1-9H,10,22H2,(H,23,26). The predicted octanol–water partition coefficient (Wildman–Crippen LogP) is 4.97. The number of pyridine rings is 1. The van der Waals surface area contributed by atoms with Gasteiger partial charge in [-0.2, -0.15) is 0 Å². The number of fused-ring (bicyclic) bond motifs is 1. The SMILES string of the molecule is Nc1cccc(Cl)c1N1C(=O)NCc2nc(Sc3ccc(F)cc3)ccc21. The molecule has 0 spiro atoms. The Morgan fingerprint density at radius 2 is 1.93 bits per heavy atom. The number of aromatic nitrogens is 1. The fourth-order valence-electron chi connectivity index (χ4n) is 2.83. The third kappa shape index (κ3) is 3.43. The predicted molar refractivity (Wildman–Crippen MR) is 105 cm³/mol. The highest BCUT2D eigenvalue weighted by molar-refractivity contribution is 7.99. The van der Waals surface area contributed by atoms with E-state index in [4.69, 9.17) is 17.3 Å². The Bertz CT molecular complexity index is 1010. The van der Waals surface area contributed by atoms with Crippen LogP contribution in [0.4, 0.5) is 26.2 Å². The van der Waals surface area contributed by atoms with Gasteiger partial charge in [0.15, 0.2) is 0 Å². The molecule has 0 saturated carbocycles. The summed E-state index contributed by atoms with van der Waals surface area (Å²) in [6.45, 7) is 0.298. The van der Waals surface area contributed by atoms with Crippen molar-refractivity contribution in [3.63, 3.8) is 0 Å². The maximum atomic E-state index is 13.1. The number of hydrogen-bond donors (Lipinski definition) is 2. The van der Waals surface area contributed by atoms with Crippen molar-refractivity contribution in [2.45, 2.75) is 16.5 Å². The van der Waals surface area contributed by atoms with Crippen molar-refractivity contribution in [3.05, 3.63) is 71.1 Å². The molecule has 8 heteroatoms. The zero-order valence-electron chi connectivity index (χ0n) is 13.9. The van der Waals surface area contributed by atoms with E-state index in [1.54, 1.807) is 30.3 Å². The van der Waals surface area contributed by atoms with Crippen LogP contribution in [0.15, 0.2) is 64.5 Å². The number of para-hydroxylation sites is 1. The van der Waals surface area contributed by atoms with Crippen LogP contribution in [-0.2, 0) is 6.54 Å². The minimum absolute atomic E-state index is 0.284. The van der Waals surface area contributed by atoms with Crippen LogP contribution in [0.5, 0.6) is 0 Å². The van der Waals surface area contributed by atoms with E-state index in [2.05, 4.69) is 10.3 Å². The van der Waals surface area contributed by atoms with Gasteiger partial charge in [-0.25, -0.2) is 14.2 Å². The van der Waals surface area contributed by atoms with E-state index in [0.29, 0.717) is 34.3 Å². The summed E-state index contributed by atoms with van der Waals surface area (Å²) in [5.41, 5.74) is 8.20. The molecule has 2 heterocycles. The average Bonchev–Trinajstić information content (AvgIpc) is 2.65. The van der Waals surface area contributed by atoms with Crippen LogP contribution in [-0.4, -0.2) is 11.0 Å². The van der Waals surface area contributed by atoms with Crippen LogP contribution >= 0.6 is 23.4 Å². The van der Waals surface area contributed by atoms with Gasteiger partial charge in [0.1, 0.15) is 10.8 Å². The fourth-order valence-corrected chi connectivity index (χ4v) is 3.90. The van der Waals surface area contributed by atoms with Gasteiger partial charge in [-0.05, 0) is 48.5 Å². The lowest BCUT2D eigenvalue weighted by molar-refractivity contribution is 0.246. The molecule has 1 aromatic heterocycles. The first-order valence-electron chi connectivity index (χ1n) is 8.08. The van der Waals surface area contributed by atoms with Gasteiger partial charge in [-0.3, -0.25) is 4.90 Å².